The zero-order valence-electron chi connectivity index (χ0n) is 20.9. The lowest BCUT2D eigenvalue weighted by Gasteiger charge is -2.09. The van der Waals surface area contributed by atoms with Gasteiger partial charge in [0.05, 0.1) is 30.5 Å². The Morgan fingerprint density at radius 2 is 1.86 bits per heavy atom. The maximum atomic E-state index is 13.2. The minimum Gasteiger partial charge on any atom is -0.494 e. The number of Topliss-reactive ketones (excluding diaryl/α,β-unsaturated/α-hetero) is 1. The van der Waals surface area contributed by atoms with Crippen LogP contribution < -0.4 is 9.47 Å². The fourth-order valence-electron chi connectivity index (χ4n) is 4.20. The van der Waals surface area contributed by atoms with Gasteiger partial charge in [-0.2, -0.15) is 5.10 Å². The van der Waals surface area contributed by atoms with Crippen LogP contribution in [0.1, 0.15) is 45.2 Å². The van der Waals surface area contributed by atoms with Crippen molar-refractivity contribution in [3.05, 3.63) is 101 Å². The quantitative estimate of drug-likeness (QED) is 0.230. The van der Waals surface area contributed by atoms with Crippen LogP contribution in [0.25, 0.3) is 23.0 Å². The SMILES string of the molecule is CCCOc1ccc(-c2nn(-c3ccccc3)cc2C=C2Oc3ccc(C(=O)OC)cc3C2=O)c(C)c1. The molecule has 0 bridgehead atoms. The number of allylic oxidation sites excluding steroid dienone is 1. The van der Waals surface area contributed by atoms with E-state index in [1.54, 1.807) is 22.9 Å². The van der Waals surface area contributed by atoms with Gasteiger partial charge in [-0.3, -0.25) is 4.79 Å². The van der Waals surface area contributed by atoms with E-state index in [9.17, 15) is 9.59 Å². The maximum Gasteiger partial charge on any atom is 0.337 e. The predicted octanol–water partition coefficient (Wildman–Crippen LogP) is 6.04. The highest BCUT2D eigenvalue weighted by atomic mass is 16.5. The van der Waals surface area contributed by atoms with E-state index < -0.39 is 5.97 Å². The van der Waals surface area contributed by atoms with E-state index in [1.165, 1.54) is 13.2 Å². The molecule has 0 atom stereocenters. The summed E-state index contributed by atoms with van der Waals surface area (Å²) in [4.78, 5) is 25.1. The van der Waals surface area contributed by atoms with Gasteiger partial charge >= 0.3 is 5.97 Å². The Kier molecular flexibility index (Phi) is 6.60. The number of fused-ring (bicyclic) bond motifs is 1. The first-order valence-corrected chi connectivity index (χ1v) is 12.0. The number of hydrogen-bond donors (Lipinski definition) is 0. The number of nitrogens with zero attached hydrogens (tertiary/aromatic N) is 2. The highest BCUT2D eigenvalue weighted by molar-refractivity contribution is 6.15. The number of esters is 1. The molecule has 0 amide bonds. The van der Waals surface area contributed by atoms with Crippen molar-refractivity contribution in [2.24, 2.45) is 0 Å². The van der Waals surface area contributed by atoms with E-state index in [-0.39, 0.29) is 17.1 Å². The van der Waals surface area contributed by atoms with Crippen LogP contribution in [0, 0.1) is 6.92 Å². The van der Waals surface area contributed by atoms with Gasteiger partial charge in [-0.25, -0.2) is 9.48 Å². The van der Waals surface area contributed by atoms with Crippen LogP contribution in [0.2, 0.25) is 0 Å². The molecule has 2 heterocycles. The molecule has 0 aliphatic carbocycles. The molecule has 0 radical (unpaired) electrons. The highest BCUT2D eigenvalue weighted by Gasteiger charge is 2.29. The van der Waals surface area contributed by atoms with Gasteiger partial charge in [0.2, 0.25) is 5.78 Å². The van der Waals surface area contributed by atoms with Gasteiger partial charge in [-0.15, -0.1) is 0 Å². The van der Waals surface area contributed by atoms with E-state index in [4.69, 9.17) is 19.3 Å². The normalized spacial score (nSPS) is 13.4. The Morgan fingerprint density at radius 3 is 2.59 bits per heavy atom. The fraction of sp³-hybridized carbons (Fsp3) is 0.167. The molecule has 3 aromatic carbocycles. The van der Waals surface area contributed by atoms with Gasteiger partial charge in [0.15, 0.2) is 5.76 Å². The number of aryl methyl sites for hydroxylation is 1. The number of methoxy groups -OCH3 is 1. The number of rotatable bonds is 7. The minimum atomic E-state index is -0.513. The van der Waals surface area contributed by atoms with Crippen molar-refractivity contribution in [3.63, 3.8) is 0 Å². The van der Waals surface area contributed by atoms with Crippen LogP contribution in [0.15, 0.2) is 78.7 Å². The number of benzene rings is 3. The van der Waals surface area contributed by atoms with Gasteiger partial charge in [0.25, 0.3) is 0 Å². The van der Waals surface area contributed by atoms with Crippen molar-refractivity contribution in [2.75, 3.05) is 13.7 Å². The van der Waals surface area contributed by atoms with Crippen molar-refractivity contribution in [1.82, 2.24) is 9.78 Å². The van der Waals surface area contributed by atoms with Crippen LogP contribution in [-0.4, -0.2) is 35.2 Å². The molecule has 1 aliphatic heterocycles. The monoisotopic (exact) mass is 494 g/mol. The van der Waals surface area contributed by atoms with E-state index >= 15 is 0 Å². The summed E-state index contributed by atoms with van der Waals surface area (Å²) >= 11 is 0. The molecular formula is C30H26N2O5. The highest BCUT2D eigenvalue weighted by Crippen LogP contribution is 2.35. The van der Waals surface area contributed by atoms with Gasteiger partial charge in [-0.05, 0) is 73.5 Å². The van der Waals surface area contributed by atoms with Gasteiger partial charge in [0, 0.05) is 17.3 Å². The summed E-state index contributed by atoms with van der Waals surface area (Å²) in [6, 6.07) is 20.3. The average molecular weight is 495 g/mol. The lowest BCUT2D eigenvalue weighted by molar-refractivity contribution is 0.0600. The second kappa shape index (κ2) is 10.1. The molecule has 7 heteroatoms. The molecule has 0 saturated carbocycles. The molecule has 1 aromatic heterocycles. The van der Waals surface area contributed by atoms with E-state index in [1.807, 2.05) is 61.7 Å². The lowest BCUT2D eigenvalue weighted by atomic mass is 10.0. The van der Waals surface area contributed by atoms with Crippen molar-refractivity contribution >= 4 is 17.8 Å². The second-order valence-electron chi connectivity index (χ2n) is 8.68. The molecule has 7 nitrogen and oxygen atoms in total. The Labute approximate surface area is 214 Å². The summed E-state index contributed by atoms with van der Waals surface area (Å²) < 4.78 is 18.2. The van der Waals surface area contributed by atoms with Crippen molar-refractivity contribution < 1.29 is 23.8 Å². The summed E-state index contributed by atoms with van der Waals surface area (Å²) in [5.41, 5.74) is 4.84. The lowest BCUT2D eigenvalue weighted by Crippen LogP contribution is -2.03. The third-order valence-corrected chi connectivity index (χ3v) is 6.06. The largest absolute Gasteiger partial charge is 0.494 e. The molecule has 0 fully saturated rings. The van der Waals surface area contributed by atoms with E-state index in [0.29, 0.717) is 23.6 Å². The van der Waals surface area contributed by atoms with Crippen molar-refractivity contribution in [1.29, 1.82) is 0 Å². The number of carbonyl (C=O) groups excluding carboxylic acids is 2. The Hall–Kier alpha value is -4.65. The molecule has 4 aromatic rings. The van der Waals surface area contributed by atoms with Crippen LogP contribution in [-0.2, 0) is 4.74 Å². The Balaban J connectivity index is 1.57. The second-order valence-corrected chi connectivity index (χ2v) is 8.68. The number of aromatic nitrogens is 2. The van der Waals surface area contributed by atoms with Gasteiger partial charge < -0.3 is 14.2 Å². The average Bonchev–Trinajstić information content (AvgIpc) is 3.48. The third-order valence-electron chi connectivity index (χ3n) is 6.06. The zero-order valence-corrected chi connectivity index (χ0v) is 20.9. The third kappa shape index (κ3) is 4.76. The summed E-state index contributed by atoms with van der Waals surface area (Å²) in [6.07, 6.45) is 4.50. The number of carbonyl (C=O) groups is 2. The molecular weight excluding hydrogens is 468 g/mol. The minimum absolute atomic E-state index is 0.159. The first kappa shape index (κ1) is 24.1. The summed E-state index contributed by atoms with van der Waals surface area (Å²) in [5.74, 6) is 0.540. The fourth-order valence-corrected chi connectivity index (χ4v) is 4.20. The van der Waals surface area contributed by atoms with Crippen LogP contribution in [0.5, 0.6) is 11.5 Å². The number of ketones is 1. The topological polar surface area (TPSA) is 79.7 Å². The summed E-state index contributed by atoms with van der Waals surface area (Å²) in [5, 5.41) is 4.87. The standard InChI is InChI=1S/C30H26N2O5/c1-4-14-36-23-11-12-24(19(2)15-23)28-21(18-32(31-28)22-8-6-5-7-9-22)17-27-29(33)25-16-20(30(34)35-3)10-13-26(25)37-27/h5-13,15-18H,4,14H2,1-3H3. The van der Waals surface area contributed by atoms with Crippen LogP contribution in [0.4, 0.5) is 0 Å². The van der Waals surface area contributed by atoms with Crippen LogP contribution >= 0.6 is 0 Å². The van der Waals surface area contributed by atoms with E-state index in [2.05, 4.69) is 6.92 Å². The molecule has 5 rings (SSSR count). The number of para-hydroxylation sites is 1. The van der Waals surface area contributed by atoms with E-state index in [0.717, 1.165) is 34.5 Å². The first-order chi connectivity index (χ1) is 18.0. The number of ether oxygens (including phenoxy) is 3. The Bertz CT molecular complexity index is 1520. The number of hydrogen-bond acceptors (Lipinski definition) is 6. The molecule has 0 unspecified atom stereocenters. The first-order valence-electron chi connectivity index (χ1n) is 12.0. The molecule has 1 aliphatic rings. The summed E-state index contributed by atoms with van der Waals surface area (Å²) in [7, 11) is 1.30. The molecule has 0 N–H and O–H groups in total. The Morgan fingerprint density at radius 1 is 1.05 bits per heavy atom. The predicted molar refractivity (Wildman–Crippen MR) is 140 cm³/mol. The molecule has 0 saturated heterocycles. The van der Waals surface area contributed by atoms with Crippen molar-refractivity contribution in [2.45, 2.75) is 20.3 Å². The zero-order chi connectivity index (χ0) is 25.9. The smallest absolute Gasteiger partial charge is 0.337 e. The molecule has 186 valence electrons. The van der Waals surface area contributed by atoms with Crippen LogP contribution in [0.3, 0.4) is 0 Å². The van der Waals surface area contributed by atoms with Gasteiger partial charge in [-0.1, -0.05) is 25.1 Å². The summed E-state index contributed by atoms with van der Waals surface area (Å²) in [6.45, 7) is 4.72. The van der Waals surface area contributed by atoms with Gasteiger partial charge in [0.1, 0.15) is 17.2 Å². The maximum absolute atomic E-state index is 13.2. The van der Waals surface area contributed by atoms with Crippen molar-refractivity contribution in [3.8, 4) is 28.4 Å². The molecule has 37 heavy (non-hydrogen) atoms. The molecule has 0 spiro atoms.